The zero-order valence-electron chi connectivity index (χ0n) is 10.5. The zero-order valence-corrected chi connectivity index (χ0v) is 11.4. The van der Waals surface area contributed by atoms with Gasteiger partial charge in [0.1, 0.15) is 11.5 Å². The van der Waals surface area contributed by atoms with Gasteiger partial charge in [-0.3, -0.25) is 0 Å². The van der Waals surface area contributed by atoms with E-state index in [4.69, 9.17) is 4.42 Å². The summed E-state index contributed by atoms with van der Waals surface area (Å²) in [6.45, 7) is 2.91. The van der Waals surface area contributed by atoms with E-state index < -0.39 is 5.76 Å². The Labute approximate surface area is 111 Å². The topological polar surface area (TPSA) is 25.2 Å². The molecule has 1 N–H and O–H groups in total. The molecular weight excluding hydrogens is 256 g/mol. The van der Waals surface area contributed by atoms with Gasteiger partial charge in [0.25, 0.3) is 5.76 Å². The molecular formula is C13H19F2NOS. The minimum absolute atomic E-state index is 0.213. The molecule has 2 nitrogen and oxygen atoms in total. The number of hydrogen-bond acceptors (Lipinski definition) is 3. The summed E-state index contributed by atoms with van der Waals surface area (Å²) in [7, 11) is 0. The van der Waals surface area contributed by atoms with Crippen molar-refractivity contribution < 1.29 is 13.2 Å². The Morgan fingerprint density at radius 2 is 2.00 bits per heavy atom. The maximum absolute atomic E-state index is 12.0. The van der Waals surface area contributed by atoms with E-state index in [0.29, 0.717) is 24.1 Å². The predicted molar refractivity (Wildman–Crippen MR) is 69.7 cm³/mol. The third kappa shape index (κ3) is 3.99. The fourth-order valence-electron chi connectivity index (χ4n) is 2.37. The van der Waals surface area contributed by atoms with Crippen molar-refractivity contribution in [3.63, 3.8) is 0 Å². The summed E-state index contributed by atoms with van der Waals surface area (Å²) in [5.41, 5.74) is 0.213. The minimum atomic E-state index is -2.34. The van der Waals surface area contributed by atoms with Gasteiger partial charge >= 0.3 is 0 Å². The van der Waals surface area contributed by atoms with Gasteiger partial charge in [-0.25, -0.2) is 0 Å². The predicted octanol–water partition coefficient (Wildman–Crippen LogP) is 4.16. The van der Waals surface area contributed by atoms with E-state index in [1.165, 1.54) is 25.7 Å². The summed E-state index contributed by atoms with van der Waals surface area (Å²) < 4.78 is 29.6. The van der Waals surface area contributed by atoms with Crippen molar-refractivity contribution in [2.75, 3.05) is 0 Å². The lowest BCUT2D eigenvalue weighted by Crippen LogP contribution is -2.38. The zero-order chi connectivity index (χ0) is 13.0. The molecule has 0 aromatic carbocycles. The second kappa shape index (κ2) is 6.06. The fraction of sp³-hybridized carbons (Fsp3) is 0.692. The molecule has 0 saturated heterocycles. The fourth-order valence-corrected chi connectivity index (χ4v) is 2.82. The van der Waals surface area contributed by atoms with Crippen molar-refractivity contribution in [1.82, 2.24) is 5.32 Å². The molecule has 1 fully saturated rings. The van der Waals surface area contributed by atoms with Gasteiger partial charge in [0.15, 0.2) is 0 Å². The Balaban J connectivity index is 1.79. The molecule has 1 saturated carbocycles. The standard InChI is InChI=1S/C13H19F2NOS/c1-13(6-2-3-7-13)16-8-10-4-5-11(17-10)9-18-12(14)15/h4-5,12,16H,2-3,6-9H2,1H3. The molecule has 1 aromatic rings. The third-order valence-corrected chi connectivity index (χ3v) is 4.17. The highest BCUT2D eigenvalue weighted by atomic mass is 32.2. The van der Waals surface area contributed by atoms with Gasteiger partial charge in [0.05, 0.1) is 12.3 Å². The molecule has 18 heavy (non-hydrogen) atoms. The van der Waals surface area contributed by atoms with Crippen LogP contribution in [0.15, 0.2) is 16.5 Å². The summed E-state index contributed by atoms with van der Waals surface area (Å²) in [6, 6.07) is 3.65. The van der Waals surface area contributed by atoms with Gasteiger partial charge in [-0.2, -0.15) is 8.78 Å². The SMILES string of the molecule is CC1(NCc2ccc(CSC(F)F)o2)CCCC1. The van der Waals surface area contributed by atoms with Crippen molar-refractivity contribution >= 4 is 11.8 Å². The second-order valence-electron chi connectivity index (χ2n) is 5.06. The molecule has 1 aromatic heterocycles. The van der Waals surface area contributed by atoms with Crippen molar-refractivity contribution in [2.45, 2.75) is 56.2 Å². The van der Waals surface area contributed by atoms with E-state index in [9.17, 15) is 8.78 Å². The molecule has 1 heterocycles. The molecule has 0 spiro atoms. The largest absolute Gasteiger partial charge is 0.464 e. The van der Waals surface area contributed by atoms with E-state index in [1.54, 1.807) is 6.07 Å². The summed E-state index contributed by atoms with van der Waals surface area (Å²) in [6.07, 6.45) is 4.94. The molecule has 1 aliphatic rings. The number of halogens is 2. The molecule has 5 heteroatoms. The van der Waals surface area contributed by atoms with Crippen molar-refractivity contribution in [3.05, 3.63) is 23.7 Å². The molecule has 2 rings (SSSR count). The van der Waals surface area contributed by atoms with Crippen molar-refractivity contribution in [1.29, 1.82) is 0 Å². The quantitative estimate of drug-likeness (QED) is 0.844. The van der Waals surface area contributed by atoms with Gasteiger partial charge in [-0.15, -0.1) is 0 Å². The first-order valence-corrected chi connectivity index (χ1v) is 7.35. The minimum Gasteiger partial charge on any atom is -0.464 e. The number of alkyl halides is 2. The molecule has 1 aliphatic carbocycles. The van der Waals surface area contributed by atoms with Crippen LogP contribution in [0.2, 0.25) is 0 Å². The van der Waals surface area contributed by atoms with E-state index in [2.05, 4.69) is 12.2 Å². The molecule has 0 amide bonds. The number of thioether (sulfide) groups is 1. The first-order chi connectivity index (χ1) is 8.57. The molecule has 0 aliphatic heterocycles. The van der Waals surface area contributed by atoms with Crippen LogP contribution in [0.3, 0.4) is 0 Å². The third-order valence-electron chi connectivity index (χ3n) is 3.47. The van der Waals surface area contributed by atoms with Crippen molar-refractivity contribution in [2.24, 2.45) is 0 Å². The van der Waals surface area contributed by atoms with Gasteiger partial charge in [0, 0.05) is 5.54 Å². The van der Waals surface area contributed by atoms with E-state index in [1.807, 2.05) is 6.07 Å². The summed E-state index contributed by atoms with van der Waals surface area (Å²) in [4.78, 5) is 0. The summed E-state index contributed by atoms with van der Waals surface area (Å²) in [5, 5.41) is 3.50. The van der Waals surface area contributed by atoms with E-state index in [-0.39, 0.29) is 11.3 Å². The van der Waals surface area contributed by atoms with Crippen LogP contribution in [-0.2, 0) is 12.3 Å². The van der Waals surface area contributed by atoms with Crippen molar-refractivity contribution in [3.8, 4) is 0 Å². The Hall–Kier alpha value is -0.550. The number of furan rings is 1. The highest BCUT2D eigenvalue weighted by Gasteiger charge is 2.27. The van der Waals surface area contributed by atoms with Gasteiger partial charge in [-0.05, 0) is 31.9 Å². The van der Waals surface area contributed by atoms with Gasteiger partial charge < -0.3 is 9.73 Å². The first kappa shape index (κ1) is 13.9. The summed E-state index contributed by atoms with van der Waals surface area (Å²) >= 11 is 0.593. The normalized spacial score (nSPS) is 18.7. The van der Waals surface area contributed by atoms with Crippen LogP contribution in [0.5, 0.6) is 0 Å². The van der Waals surface area contributed by atoms with Crippen LogP contribution in [-0.4, -0.2) is 11.3 Å². The first-order valence-electron chi connectivity index (χ1n) is 6.30. The van der Waals surface area contributed by atoms with Crippen LogP contribution in [0.25, 0.3) is 0 Å². The second-order valence-corrected chi connectivity index (χ2v) is 6.04. The number of rotatable bonds is 6. The molecule has 0 bridgehead atoms. The Morgan fingerprint density at radius 1 is 1.33 bits per heavy atom. The highest BCUT2D eigenvalue weighted by Crippen LogP contribution is 2.29. The Bertz CT molecular complexity index is 375. The van der Waals surface area contributed by atoms with Gasteiger partial charge in [0.2, 0.25) is 0 Å². The van der Waals surface area contributed by atoms with E-state index in [0.717, 1.165) is 5.76 Å². The maximum atomic E-state index is 12.0. The Kier molecular flexibility index (Phi) is 4.67. The number of hydrogen-bond donors (Lipinski definition) is 1. The Morgan fingerprint density at radius 3 is 2.67 bits per heavy atom. The van der Waals surface area contributed by atoms with Crippen LogP contribution < -0.4 is 5.32 Å². The van der Waals surface area contributed by atoms with Crippen LogP contribution >= 0.6 is 11.8 Å². The monoisotopic (exact) mass is 275 g/mol. The summed E-state index contributed by atoms with van der Waals surface area (Å²) in [5.74, 6) is -0.662. The number of nitrogens with one attached hydrogen (secondary N) is 1. The lowest BCUT2D eigenvalue weighted by molar-refractivity contribution is 0.251. The van der Waals surface area contributed by atoms with E-state index >= 15 is 0 Å². The smallest absolute Gasteiger partial charge is 0.284 e. The average molecular weight is 275 g/mol. The molecule has 0 unspecified atom stereocenters. The highest BCUT2D eigenvalue weighted by molar-refractivity contribution is 7.98. The average Bonchev–Trinajstić information content (AvgIpc) is 2.93. The van der Waals surface area contributed by atoms with Crippen LogP contribution in [0.1, 0.15) is 44.1 Å². The molecule has 102 valence electrons. The lowest BCUT2D eigenvalue weighted by Gasteiger charge is -2.24. The molecule has 0 radical (unpaired) electrons. The van der Waals surface area contributed by atoms with Gasteiger partial charge in [-0.1, -0.05) is 24.6 Å². The maximum Gasteiger partial charge on any atom is 0.284 e. The van der Waals surface area contributed by atoms with Crippen LogP contribution in [0, 0.1) is 0 Å². The lowest BCUT2D eigenvalue weighted by atomic mass is 10.0. The molecule has 0 atom stereocenters. The van der Waals surface area contributed by atoms with Crippen LogP contribution in [0.4, 0.5) is 8.78 Å².